The van der Waals surface area contributed by atoms with E-state index in [-0.39, 0.29) is 22.6 Å². The van der Waals surface area contributed by atoms with Crippen molar-refractivity contribution in [2.75, 3.05) is 19.7 Å². The maximum atomic E-state index is 13.1. The van der Waals surface area contributed by atoms with Gasteiger partial charge in [0.2, 0.25) is 0 Å². The molecule has 1 aromatic heterocycles. The highest BCUT2D eigenvalue weighted by Gasteiger charge is 2.44. The molecular formula is C20H23ClN3O2+. The lowest BCUT2D eigenvalue weighted by Crippen LogP contribution is -2.50. The molecule has 2 aliphatic rings. The number of aliphatic hydroxyl groups is 1. The monoisotopic (exact) mass is 372 g/mol. The molecule has 0 radical (unpaired) electrons. The third kappa shape index (κ3) is 3.05. The number of pyridine rings is 1. The Morgan fingerprint density at radius 2 is 2.15 bits per heavy atom. The van der Waals surface area contributed by atoms with Crippen molar-refractivity contribution in [1.82, 2.24) is 13.9 Å². The van der Waals surface area contributed by atoms with Crippen LogP contribution in [0.15, 0.2) is 42.7 Å². The Morgan fingerprint density at radius 3 is 3.00 bits per heavy atom. The lowest BCUT2D eigenvalue weighted by molar-refractivity contribution is 0.0855. The zero-order valence-corrected chi connectivity index (χ0v) is 15.4. The molecular weight excluding hydrogens is 350 g/mol. The van der Waals surface area contributed by atoms with Gasteiger partial charge in [0.15, 0.2) is 17.5 Å². The Hall–Kier alpha value is -1.79. The van der Waals surface area contributed by atoms with Crippen LogP contribution in [0.25, 0.3) is 0 Å². The molecule has 1 saturated heterocycles. The van der Waals surface area contributed by atoms with E-state index in [1.807, 2.05) is 36.5 Å². The van der Waals surface area contributed by atoms with Crippen LogP contribution < -0.4 is 4.00 Å². The van der Waals surface area contributed by atoms with Crippen molar-refractivity contribution in [2.45, 2.75) is 31.8 Å². The van der Waals surface area contributed by atoms with Crippen molar-refractivity contribution in [1.29, 1.82) is 0 Å². The number of quaternary nitrogens is 1. The lowest BCUT2D eigenvalue weighted by atomic mass is 9.98. The van der Waals surface area contributed by atoms with Crippen LogP contribution in [0.5, 0.6) is 0 Å². The van der Waals surface area contributed by atoms with E-state index in [1.54, 1.807) is 6.20 Å². The fourth-order valence-electron chi connectivity index (χ4n) is 4.06. The smallest absolute Gasteiger partial charge is 0.369 e. The van der Waals surface area contributed by atoms with E-state index in [2.05, 4.69) is 9.88 Å². The van der Waals surface area contributed by atoms with E-state index in [9.17, 15) is 9.90 Å². The molecule has 0 saturated carbocycles. The molecule has 2 aromatic rings. The second kappa shape index (κ2) is 7.08. The largest absolute Gasteiger partial charge is 0.395 e. The minimum Gasteiger partial charge on any atom is -0.395 e. The first-order chi connectivity index (χ1) is 12.6. The average Bonchev–Trinajstić information content (AvgIpc) is 3.12. The van der Waals surface area contributed by atoms with Crippen molar-refractivity contribution in [3.05, 3.63) is 59.4 Å². The Kier molecular flexibility index (Phi) is 4.80. The maximum absolute atomic E-state index is 13.1. The van der Waals surface area contributed by atoms with Gasteiger partial charge in [0.25, 0.3) is 0 Å². The molecule has 0 aliphatic carbocycles. The zero-order valence-electron chi connectivity index (χ0n) is 14.6. The Labute approximate surface area is 158 Å². The summed E-state index contributed by atoms with van der Waals surface area (Å²) >= 11 is 6.82. The van der Waals surface area contributed by atoms with Crippen LogP contribution in [0.3, 0.4) is 0 Å². The number of aromatic nitrogens is 1. The highest BCUT2D eigenvalue weighted by molar-refractivity contribution is 6.34. The lowest BCUT2D eigenvalue weighted by Gasteiger charge is -2.31. The molecule has 4 rings (SSSR count). The number of carbonyl (C=O) groups is 1. The van der Waals surface area contributed by atoms with Crippen LogP contribution in [0.1, 0.15) is 34.3 Å². The molecule has 1 amide bonds. The van der Waals surface area contributed by atoms with Crippen molar-refractivity contribution in [3.8, 4) is 0 Å². The number of likely N-dealkylation sites (tertiary alicyclic amines) is 1. The zero-order chi connectivity index (χ0) is 18.1. The standard InChI is InChI=1S/C20H23ClN3O2/c21-24(9-7-16-4-1-2-6-19(16)20(24)26)18-10-15(11-22-12-18)13-23-8-3-5-17(23)14-25/h1-2,4,6,10-12,17,25H,3,5,7-9,13-14H2/q+1/t17-,24?/m1/s1. The van der Waals surface area contributed by atoms with Crippen molar-refractivity contribution in [3.63, 3.8) is 0 Å². The predicted octanol–water partition coefficient (Wildman–Crippen LogP) is 2.90. The van der Waals surface area contributed by atoms with Gasteiger partial charge in [-0.25, -0.2) is 4.79 Å². The molecule has 0 bridgehead atoms. The van der Waals surface area contributed by atoms with Gasteiger partial charge >= 0.3 is 5.91 Å². The normalized spacial score (nSPS) is 26.1. The van der Waals surface area contributed by atoms with E-state index in [0.29, 0.717) is 24.3 Å². The van der Waals surface area contributed by atoms with Crippen LogP contribution in [0.2, 0.25) is 0 Å². The third-order valence-corrected chi connectivity index (χ3v) is 6.06. The third-order valence-electron chi connectivity index (χ3n) is 5.54. The Morgan fingerprint density at radius 1 is 1.31 bits per heavy atom. The summed E-state index contributed by atoms with van der Waals surface area (Å²) in [6, 6.07) is 9.86. The molecule has 5 nitrogen and oxygen atoms in total. The van der Waals surface area contributed by atoms with Crippen LogP contribution in [-0.2, 0) is 13.0 Å². The van der Waals surface area contributed by atoms with Crippen molar-refractivity contribution in [2.24, 2.45) is 0 Å². The number of amides is 1. The summed E-state index contributed by atoms with van der Waals surface area (Å²) in [5, 5.41) is 9.52. The van der Waals surface area contributed by atoms with E-state index in [1.165, 1.54) is 0 Å². The molecule has 3 heterocycles. The van der Waals surface area contributed by atoms with Crippen LogP contribution in [0.4, 0.5) is 5.69 Å². The summed E-state index contributed by atoms with van der Waals surface area (Å²) in [7, 11) is 0. The number of carbonyl (C=O) groups excluding carboxylic acids is 1. The van der Waals surface area contributed by atoms with E-state index in [4.69, 9.17) is 11.8 Å². The molecule has 2 aliphatic heterocycles. The molecule has 26 heavy (non-hydrogen) atoms. The molecule has 136 valence electrons. The number of nitrogens with zero attached hydrogens (tertiary/aromatic N) is 3. The molecule has 2 atom stereocenters. The molecule has 0 spiro atoms. The number of hydrogen-bond donors (Lipinski definition) is 1. The molecule has 6 heteroatoms. The molecule has 1 fully saturated rings. The van der Waals surface area contributed by atoms with Gasteiger partial charge in [-0.05, 0) is 36.6 Å². The number of benzene rings is 1. The second-order valence-electron chi connectivity index (χ2n) is 7.15. The summed E-state index contributed by atoms with van der Waals surface area (Å²) < 4.78 is -0.263. The van der Waals surface area contributed by atoms with Gasteiger partial charge in [0.1, 0.15) is 6.54 Å². The fraction of sp³-hybridized carbons (Fsp3) is 0.400. The topological polar surface area (TPSA) is 53.4 Å². The summed E-state index contributed by atoms with van der Waals surface area (Å²) in [6.07, 6.45) is 6.39. The first kappa shape index (κ1) is 17.6. The summed E-state index contributed by atoms with van der Waals surface area (Å²) in [4.78, 5) is 19.7. The number of halogens is 1. The van der Waals surface area contributed by atoms with E-state index in [0.717, 1.165) is 36.9 Å². The van der Waals surface area contributed by atoms with E-state index < -0.39 is 0 Å². The van der Waals surface area contributed by atoms with Gasteiger partial charge in [-0.1, -0.05) is 18.2 Å². The quantitative estimate of drug-likeness (QED) is 0.838. The first-order valence-corrected chi connectivity index (χ1v) is 9.45. The predicted molar refractivity (Wildman–Crippen MR) is 102 cm³/mol. The second-order valence-corrected chi connectivity index (χ2v) is 7.73. The van der Waals surface area contributed by atoms with Gasteiger partial charge in [0.05, 0.1) is 18.4 Å². The van der Waals surface area contributed by atoms with Gasteiger partial charge in [-0.3, -0.25) is 9.88 Å². The Bertz CT molecular complexity index is 828. The Balaban J connectivity index is 1.61. The minimum absolute atomic E-state index is 0.0955. The first-order valence-electron chi connectivity index (χ1n) is 9.12. The summed E-state index contributed by atoms with van der Waals surface area (Å²) in [5.41, 5.74) is 3.48. The molecule has 1 aromatic carbocycles. The van der Waals surface area contributed by atoms with Crippen LogP contribution in [0, 0.1) is 0 Å². The highest BCUT2D eigenvalue weighted by Crippen LogP contribution is 2.34. The van der Waals surface area contributed by atoms with Gasteiger partial charge in [-0.2, -0.15) is 0 Å². The SMILES string of the molecule is O=C1c2ccccc2CC[N+]1(Cl)c1cncc(CN2CCC[C@@H]2CO)c1. The molecule has 1 unspecified atom stereocenters. The number of rotatable bonds is 4. The van der Waals surface area contributed by atoms with Crippen molar-refractivity contribution < 1.29 is 9.90 Å². The maximum Gasteiger partial charge on any atom is 0.369 e. The fourth-order valence-corrected chi connectivity index (χ4v) is 4.33. The summed E-state index contributed by atoms with van der Waals surface area (Å²) in [6.45, 7) is 2.39. The number of hydrogen-bond acceptors (Lipinski definition) is 4. The van der Waals surface area contributed by atoms with E-state index >= 15 is 0 Å². The highest BCUT2D eigenvalue weighted by atomic mass is 35.5. The van der Waals surface area contributed by atoms with Crippen molar-refractivity contribution >= 4 is 23.4 Å². The minimum atomic E-state index is -0.263. The van der Waals surface area contributed by atoms with Crippen LogP contribution >= 0.6 is 11.8 Å². The molecule has 1 N–H and O–H groups in total. The number of aliphatic hydroxyl groups excluding tert-OH is 1. The van der Waals surface area contributed by atoms with Gasteiger partial charge < -0.3 is 5.11 Å². The summed E-state index contributed by atoms with van der Waals surface area (Å²) in [5.74, 6) is -0.0955. The average molecular weight is 373 g/mol. The van der Waals surface area contributed by atoms with Crippen LogP contribution in [-0.4, -0.2) is 46.6 Å². The number of fused-ring (bicyclic) bond motifs is 1. The van der Waals surface area contributed by atoms with Gasteiger partial charge in [0, 0.05) is 31.3 Å². The van der Waals surface area contributed by atoms with Gasteiger partial charge in [-0.15, -0.1) is 4.00 Å².